The van der Waals surface area contributed by atoms with Crippen molar-refractivity contribution < 1.29 is 9.47 Å². The molecule has 0 amide bonds. The smallest absolute Gasteiger partial charge is 0.124 e. The van der Waals surface area contributed by atoms with Crippen molar-refractivity contribution in [3.05, 3.63) is 88.4 Å². The number of hydrogen-bond acceptors (Lipinski definition) is 4. The molecule has 1 fully saturated rings. The van der Waals surface area contributed by atoms with Crippen molar-refractivity contribution in [3.8, 4) is 5.75 Å². The average Bonchev–Trinajstić information content (AvgIpc) is 2.78. The van der Waals surface area contributed by atoms with Gasteiger partial charge in [0.1, 0.15) is 12.4 Å². The number of nitrogens with one attached hydrogen (secondary N) is 1. The number of benzene rings is 3. The van der Waals surface area contributed by atoms with E-state index in [1.165, 1.54) is 11.1 Å². The summed E-state index contributed by atoms with van der Waals surface area (Å²) in [5.74, 6) is 0.893. The first-order valence-corrected chi connectivity index (χ1v) is 10.7. The van der Waals surface area contributed by atoms with Crippen molar-refractivity contribution in [2.75, 3.05) is 36.5 Å². The summed E-state index contributed by atoms with van der Waals surface area (Å²) in [6.45, 7) is 6.57. The summed E-state index contributed by atoms with van der Waals surface area (Å²) in [6, 6.07) is 22.6. The molecule has 30 heavy (non-hydrogen) atoms. The Morgan fingerprint density at radius 2 is 1.70 bits per heavy atom. The molecule has 0 aromatic heterocycles. The quantitative estimate of drug-likeness (QED) is 0.531. The molecule has 156 valence electrons. The largest absolute Gasteiger partial charge is 0.489 e. The lowest BCUT2D eigenvalue weighted by Gasteiger charge is -2.29. The van der Waals surface area contributed by atoms with Gasteiger partial charge in [0.15, 0.2) is 0 Å². The predicted octanol–water partition coefficient (Wildman–Crippen LogP) is 5.68. The predicted molar refractivity (Wildman–Crippen MR) is 124 cm³/mol. The lowest BCUT2D eigenvalue weighted by Crippen LogP contribution is -2.36. The Bertz CT molecular complexity index is 986. The summed E-state index contributed by atoms with van der Waals surface area (Å²) in [5, 5.41) is 4.23. The van der Waals surface area contributed by atoms with Gasteiger partial charge in [0.25, 0.3) is 0 Å². The highest BCUT2D eigenvalue weighted by Gasteiger charge is 2.14. The molecule has 1 heterocycles. The number of aryl methyl sites for hydroxylation is 1. The molecule has 0 saturated carbocycles. The van der Waals surface area contributed by atoms with Gasteiger partial charge in [-0.25, -0.2) is 0 Å². The molecule has 4 nitrogen and oxygen atoms in total. The molecule has 3 aromatic carbocycles. The Labute approximate surface area is 183 Å². The first-order valence-electron chi connectivity index (χ1n) is 10.3. The Morgan fingerprint density at radius 3 is 2.47 bits per heavy atom. The van der Waals surface area contributed by atoms with Crippen molar-refractivity contribution in [1.82, 2.24) is 0 Å². The molecule has 5 heteroatoms. The van der Waals surface area contributed by atoms with Crippen LogP contribution in [-0.2, 0) is 17.9 Å². The number of anilines is 2. The minimum absolute atomic E-state index is 0.559. The molecule has 0 aliphatic carbocycles. The van der Waals surface area contributed by atoms with Crippen LogP contribution in [0.25, 0.3) is 0 Å². The van der Waals surface area contributed by atoms with Gasteiger partial charge in [-0.15, -0.1) is 0 Å². The number of hydrogen-bond donors (Lipinski definition) is 1. The second-order valence-corrected chi connectivity index (χ2v) is 7.85. The van der Waals surface area contributed by atoms with Crippen LogP contribution in [0.1, 0.15) is 16.7 Å². The highest BCUT2D eigenvalue weighted by atomic mass is 35.5. The van der Waals surface area contributed by atoms with Gasteiger partial charge in [-0.1, -0.05) is 54.1 Å². The van der Waals surface area contributed by atoms with E-state index in [9.17, 15) is 0 Å². The van der Waals surface area contributed by atoms with Gasteiger partial charge in [0.05, 0.1) is 23.9 Å². The molecule has 1 N–H and O–H groups in total. The van der Waals surface area contributed by atoms with Gasteiger partial charge in [0, 0.05) is 30.9 Å². The van der Waals surface area contributed by atoms with Gasteiger partial charge in [-0.2, -0.15) is 0 Å². The van der Waals surface area contributed by atoms with Gasteiger partial charge >= 0.3 is 0 Å². The zero-order valence-corrected chi connectivity index (χ0v) is 18.0. The number of rotatable bonds is 7. The monoisotopic (exact) mass is 422 g/mol. The molecule has 1 aliphatic heterocycles. The van der Waals surface area contributed by atoms with Crippen LogP contribution in [0.5, 0.6) is 5.75 Å². The SMILES string of the molecule is Cc1ccccc1COc1ccccc1CNc1ccc(N2CCOCC2)c(Cl)c1. The third kappa shape index (κ3) is 5.07. The highest BCUT2D eigenvalue weighted by molar-refractivity contribution is 6.33. The number of nitrogens with zero attached hydrogens (tertiary/aromatic N) is 1. The fourth-order valence-electron chi connectivity index (χ4n) is 3.59. The van der Waals surface area contributed by atoms with Crippen molar-refractivity contribution in [3.63, 3.8) is 0 Å². The minimum atomic E-state index is 0.559. The standard InChI is InChI=1S/C25H27ClN2O2/c1-19-6-2-3-8-21(19)18-30-25-9-5-4-7-20(25)17-27-22-10-11-24(23(26)16-22)28-12-14-29-15-13-28/h2-11,16,27H,12-15,17-18H2,1H3. The van der Waals surface area contributed by atoms with E-state index in [0.717, 1.165) is 54.0 Å². The molecule has 0 radical (unpaired) electrons. The van der Waals surface area contributed by atoms with E-state index in [1.54, 1.807) is 0 Å². The third-order valence-electron chi connectivity index (χ3n) is 5.40. The second-order valence-electron chi connectivity index (χ2n) is 7.44. The molecule has 0 atom stereocenters. The van der Waals surface area contributed by atoms with Crippen LogP contribution in [0.2, 0.25) is 5.02 Å². The van der Waals surface area contributed by atoms with E-state index >= 15 is 0 Å². The van der Waals surface area contributed by atoms with Crippen molar-refractivity contribution >= 4 is 23.0 Å². The number of halogens is 1. The average molecular weight is 423 g/mol. The zero-order valence-electron chi connectivity index (χ0n) is 17.2. The normalized spacial score (nSPS) is 13.9. The van der Waals surface area contributed by atoms with Gasteiger partial charge in [0.2, 0.25) is 0 Å². The maximum absolute atomic E-state index is 6.56. The lowest BCUT2D eigenvalue weighted by molar-refractivity contribution is 0.122. The van der Waals surface area contributed by atoms with Gasteiger partial charge in [-0.3, -0.25) is 0 Å². The van der Waals surface area contributed by atoms with Gasteiger partial charge < -0.3 is 19.7 Å². The lowest BCUT2D eigenvalue weighted by atomic mass is 10.1. The van der Waals surface area contributed by atoms with Crippen LogP contribution < -0.4 is 15.0 Å². The van der Waals surface area contributed by atoms with E-state index in [4.69, 9.17) is 21.1 Å². The van der Waals surface area contributed by atoms with Crippen LogP contribution in [-0.4, -0.2) is 26.3 Å². The molecular formula is C25H27ClN2O2. The summed E-state index contributed by atoms with van der Waals surface area (Å²) >= 11 is 6.56. The van der Waals surface area contributed by atoms with Crippen molar-refractivity contribution in [2.24, 2.45) is 0 Å². The zero-order chi connectivity index (χ0) is 20.8. The first kappa shape index (κ1) is 20.6. The Kier molecular flexibility index (Phi) is 6.77. The molecule has 1 saturated heterocycles. The topological polar surface area (TPSA) is 33.7 Å². The Morgan fingerprint density at radius 1 is 0.967 bits per heavy atom. The fraction of sp³-hybridized carbons (Fsp3) is 0.280. The fourth-order valence-corrected chi connectivity index (χ4v) is 3.89. The minimum Gasteiger partial charge on any atom is -0.489 e. The maximum Gasteiger partial charge on any atom is 0.124 e. The van der Waals surface area contributed by atoms with Crippen LogP contribution in [0.3, 0.4) is 0 Å². The van der Waals surface area contributed by atoms with E-state index in [0.29, 0.717) is 13.2 Å². The summed E-state index contributed by atoms with van der Waals surface area (Å²) in [6.07, 6.45) is 0. The number of para-hydroxylation sites is 1. The molecule has 1 aliphatic rings. The van der Waals surface area contributed by atoms with Crippen LogP contribution in [0, 0.1) is 6.92 Å². The van der Waals surface area contributed by atoms with Crippen LogP contribution >= 0.6 is 11.6 Å². The van der Waals surface area contributed by atoms with Gasteiger partial charge in [-0.05, 0) is 42.3 Å². The number of ether oxygens (including phenoxy) is 2. The molecule has 3 aromatic rings. The molecular weight excluding hydrogens is 396 g/mol. The first-order chi connectivity index (χ1) is 14.7. The maximum atomic E-state index is 6.56. The highest BCUT2D eigenvalue weighted by Crippen LogP contribution is 2.30. The summed E-state index contributed by atoms with van der Waals surface area (Å²) in [4.78, 5) is 2.27. The third-order valence-corrected chi connectivity index (χ3v) is 5.70. The molecule has 0 spiro atoms. The summed E-state index contributed by atoms with van der Waals surface area (Å²) in [7, 11) is 0. The van der Waals surface area contributed by atoms with Crippen molar-refractivity contribution in [2.45, 2.75) is 20.1 Å². The summed E-state index contributed by atoms with van der Waals surface area (Å²) < 4.78 is 11.6. The van der Waals surface area contributed by atoms with E-state index in [1.807, 2.05) is 36.4 Å². The molecule has 0 bridgehead atoms. The van der Waals surface area contributed by atoms with E-state index in [-0.39, 0.29) is 0 Å². The molecule has 4 rings (SSSR count). The van der Waals surface area contributed by atoms with E-state index in [2.05, 4.69) is 47.5 Å². The van der Waals surface area contributed by atoms with Crippen molar-refractivity contribution in [1.29, 1.82) is 0 Å². The second kappa shape index (κ2) is 9.88. The Hall–Kier alpha value is -2.69. The van der Waals surface area contributed by atoms with Crippen LogP contribution in [0.15, 0.2) is 66.7 Å². The van der Waals surface area contributed by atoms with E-state index < -0.39 is 0 Å². The van der Waals surface area contributed by atoms with Crippen LogP contribution in [0.4, 0.5) is 11.4 Å². The Balaban J connectivity index is 1.40. The molecule has 0 unspecified atom stereocenters. The summed E-state index contributed by atoms with van der Waals surface area (Å²) in [5.41, 5.74) is 5.60. The number of morpholine rings is 1.